The molecule has 2 aromatic rings. The lowest BCUT2D eigenvalue weighted by Gasteiger charge is -2.03. The summed E-state index contributed by atoms with van der Waals surface area (Å²) >= 11 is 0. The van der Waals surface area contributed by atoms with Gasteiger partial charge < -0.3 is 10.5 Å². The molecule has 0 aliphatic rings. The van der Waals surface area contributed by atoms with E-state index in [1.54, 1.807) is 30.6 Å². The number of methoxy groups -OCH3 is 1. The standard InChI is InChI=1S/C12H11N3O2/c1-17-12-14-6-10(7-15-12)8-3-2-4-9(5-8)11(13)16/h2-7H,1H3,(H2,13,16). The molecule has 1 heterocycles. The molecule has 1 aromatic carbocycles. The van der Waals surface area contributed by atoms with Gasteiger partial charge in [-0.25, -0.2) is 9.97 Å². The van der Waals surface area contributed by atoms with Crippen LogP contribution in [0.2, 0.25) is 0 Å². The van der Waals surface area contributed by atoms with E-state index in [0.717, 1.165) is 11.1 Å². The highest BCUT2D eigenvalue weighted by Gasteiger charge is 2.04. The van der Waals surface area contributed by atoms with Crippen LogP contribution in [-0.2, 0) is 0 Å². The number of rotatable bonds is 3. The Hall–Kier alpha value is -2.43. The van der Waals surface area contributed by atoms with E-state index >= 15 is 0 Å². The Kier molecular flexibility index (Phi) is 3.00. The minimum Gasteiger partial charge on any atom is -0.467 e. The average Bonchev–Trinajstić information content (AvgIpc) is 2.39. The molecule has 0 aliphatic carbocycles. The second-order valence-electron chi connectivity index (χ2n) is 3.40. The van der Waals surface area contributed by atoms with Gasteiger partial charge in [-0.1, -0.05) is 12.1 Å². The Balaban J connectivity index is 2.38. The van der Waals surface area contributed by atoms with Gasteiger partial charge in [0.2, 0.25) is 5.91 Å². The smallest absolute Gasteiger partial charge is 0.316 e. The predicted octanol–water partition coefficient (Wildman–Crippen LogP) is 1.25. The first-order valence-electron chi connectivity index (χ1n) is 4.97. The van der Waals surface area contributed by atoms with Gasteiger partial charge in [-0.3, -0.25) is 4.79 Å². The number of hydrogen-bond donors (Lipinski definition) is 1. The predicted molar refractivity (Wildman–Crippen MR) is 62.5 cm³/mol. The Morgan fingerprint density at radius 3 is 2.53 bits per heavy atom. The summed E-state index contributed by atoms with van der Waals surface area (Å²) in [4.78, 5) is 19.1. The van der Waals surface area contributed by atoms with Crippen molar-refractivity contribution in [2.75, 3.05) is 7.11 Å². The van der Waals surface area contributed by atoms with Crippen molar-refractivity contribution in [2.45, 2.75) is 0 Å². The van der Waals surface area contributed by atoms with Crippen LogP contribution < -0.4 is 10.5 Å². The van der Waals surface area contributed by atoms with Crippen molar-refractivity contribution < 1.29 is 9.53 Å². The van der Waals surface area contributed by atoms with Gasteiger partial charge >= 0.3 is 6.01 Å². The zero-order valence-corrected chi connectivity index (χ0v) is 9.25. The molecular weight excluding hydrogens is 218 g/mol. The summed E-state index contributed by atoms with van der Waals surface area (Å²) in [6, 6.07) is 7.29. The normalized spacial score (nSPS) is 9.94. The van der Waals surface area contributed by atoms with Gasteiger partial charge in [0.05, 0.1) is 7.11 Å². The topological polar surface area (TPSA) is 78.1 Å². The number of amides is 1. The van der Waals surface area contributed by atoms with E-state index in [9.17, 15) is 4.79 Å². The Morgan fingerprint density at radius 2 is 1.94 bits per heavy atom. The van der Waals surface area contributed by atoms with Crippen LogP contribution in [0.1, 0.15) is 10.4 Å². The van der Waals surface area contributed by atoms with E-state index in [1.807, 2.05) is 6.07 Å². The van der Waals surface area contributed by atoms with Gasteiger partial charge in [-0.2, -0.15) is 0 Å². The summed E-state index contributed by atoms with van der Waals surface area (Å²) in [6.45, 7) is 0. The maximum Gasteiger partial charge on any atom is 0.316 e. The van der Waals surface area contributed by atoms with E-state index in [-0.39, 0.29) is 0 Å². The lowest BCUT2D eigenvalue weighted by atomic mass is 10.1. The molecule has 5 nitrogen and oxygen atoms in total. The maximum absolute atomic E-state index is 11.1. The third kappa shape index (κ3) is 2.39. The van der Waals surface area contributed by atoms with Gasteiger partial charge in [0.1, 0.15) is 0 Å². The van der Waals surface area contributed by atoms with Gasteiger partial charge in [0, 0.05) is 23.5 Å². The Labute approximate surface area is 98.3 Å². The highest BCUT2D eigenvalue weighted by molar-refractivity contribution is 5.94. The van der Waals surface area contributed by atoms with Crippen LogP contribution >= 0.6 is 0 Å². The van der Waals surface area contributed by atoms with Gasteiger partial charge in [0.25, 0.3) is 0 Å². The van der Waals surface area contributed by atoms with E-state index in [2.05, 4.69) is 9.97 Å². The molecular formula is C12H11N3O2. The first-order chi connectivity index (χ1) is 8.20. The molecule has 1 amide bonds. The fourth-order valence-corrected chi connectivity index (χ4v) is 1.42. The zero-order valence-electron chi connectivity index (χ0n) is 9.25. The molecule has 0 spiro atoms. The van der Waals surface area contributed by atoms with Crippen molar-refractivity contribution in [3.05, 3.63) is 42.2 Å². The highest BCUT2D eigenvalue weighted by atomic mass is 16.5. The number of primary amides is 1. The van der Waals surface area contributed by atoms with Crippen LogP contribution in [0.15, 0.2) is 36.7 Å². The fourth-order valence-electron chi connectivity index (χ4n) is 1.42. The summed E-state index contributed by atoms with van der Waals surface area (Å²) in [7, 11) is 1.50. The van der Waals surface area contributed by atoms with Crippen LogP contribution in [0.5, 0.6) is 6.01 Å². The minimum absolute atomic E-state index is 0.305. The maximum atomic E-state index is 11.1. The van der Waals surface area contributed by atoms with Gasteiger partial charge in [0.15, 0.2) is 0 Å². The fraction of sp³-hybridized carbons (Fsp3) is 0.0833. The van der Waals surface area contributed by atoms with E-state index < -0.39 is 5.91 Å². The third-order valence-electron chi connectivity index (χ3n) is 2.29. The molecule has 0 fully saturated rings. The number of carbonyl (C=O) groups is 1. The van der Waals surface area contributed by atoms with Crippen LogP contribution in [0.3, 0.4) is 0 Å². The molecule has 0 aliphatic heterocycles. The number of benzene rings is 1. The van der Waals surface area contributed by atoms with Crippen molar-refractivity contribution in [3.8, 4) is 17.1 Å². The van der Waals surface area contributed by atoms with Crippen molar-refractivity contribution in [2.24, 2.45) is 5.73 Å². The molecule has 5 heteroatoms. The average molecular weight is 229 g/mol. The number of carbonyl (C=O) groups excluding carboxylic acids is 1. The lowest BCUT2D eigenvalue weighted by Crippen LogP contribution is -2.10. The van der Waals surface area contributed by atoms with Crippen molar-refractivity contribution >= 4 is 5.91 Å². The summed E-state index contributed by atoms with van der Waals surface area (Å²) in [5, 5.41) is 0. The number of aromatic nitrogens is 2. The Bertz CT molecular complexity index is 538. The van der Waals surface area contributed by atoms with Crippen molar-refractivity contribution in [3.63, 3.8) is 0 Å². The van der Waals surface area contributed by atoms with Crippen molar-refractivity contribution in [1.29, 1.82) is 0 Å². The number of hydrogen-bond acceptors (Lipinski definition) is 4. The number of nitrogens with zero attached hydrogens (tertiary/aromatic N) is 2. The quantitative estimate of drug-likeness (QED) is 0.859. The number of ether oxygens (including phenoxy) is 1. The molecule has 0 saturated carbocycles. The van der Waals surface area contributed by atoms with E-state index in [0.29, 0.717) is 11.6 Å². The van der Waals surface area contributed by atoms with E-state index in [4.69, 9.17) is 10.5 Å². The van der Waals surface area contributed by atoms with Gasteiger partial charge in [-0.15, -0.1) is 0 Å². The largest absolute Gasteiger partial charge is 0.467 e. The summed E-state index contributed by atoms with van der Waals surface area (Å²) < 4.78 is 4.87. The SMILES string of the molecule is COc1ncc(-c2cccc(C(N)=O)c2)cn1. The molecule has 0 saturated heterocycles. The first kappa shape index (κ1) is 11.1. The summed E-state index contributed by atoms with van der Waals surface area (Å²) in [6.07, 6.45) is 3.26. The molecule has 0 atom stereocenters. The van der Waals surface area contributed by atoms with Gasteiger partial charge in [-0.05, 0) is 17.7 Å². The molecule has 2 rings (SSSR count). The summed E-state index contributed by atoms with van der Waals surface area (Å²) in [5.41, 5.74) is 7.31. The molecule has 0 bridgehead atoms. The van der Waals surface area contributed by atoms with Crippen molar-refractivity contribution in [1.82, 2.24) is 9.97 Å². The number of nitrogens with two attached hydrogens (primary N) is 1. The Morgan fingerprint density at radius 1 is 1.24 bits per heavy atom. The zero-order chi connectivity index (χ0) is 12.3. The molecule has 86 valence electrons. The third-order valence-corrected chi connectivity index (χ3v) is 2.29. The molecule has 1 aromatic heterocycles. The van der Waals surface area contributed by atoms with Crippen LogP contribution in [0, 0.1) is 0 Å². The van der Waals surface area contributed by atoms with Crippen LogP contribution in [0.25, 0.3) is 11.1 Å². The molecule has 2 N–H and O–H groups in total. The second-order valence-corrected chi connectivity index (χ2v) is 3.40. The highest BCUT2D eigenvalue weighted by Crippen LogP contribution is 2.19. The molecule has 0 radical (unpaired) electrons. The summed E-state index contributed by atoms with van der Waals surface area (Å²) in [5.74, 6) is -0.457. The van der Waals surface area contributed by atoms with Crippen LogP contribution in [0.4, 0.5) is 0 Å². The van der Waals surface area contributed by atoms with E-state index in [1.165, 1.54) is 7.11 Å². The second kappa shape index (κ2) is 4.61. The lowest BCUT2D eigenvalue weighted by molar-refractivity contribution is 0.100. The monoisotopic (exact) mass is 229 g/mol. The molecule has 0 unspecified atom stereocenters. The van der Waals surface area contributed by atoms with Crippen LogP contribution in [-0.4, -0.2) is 23.0 Å². The molecule has 17 heavy (non-hydrogen) atoms. The first-order valence-corrected chi connectivity index (χ1v) is 4.97. The minimum atomic E-state index is -0.457.